The van der Waals surface area contributed by atoms with Gasteiger partial charge in [-0.25, -0.2) is 0 Å². The summed E-state index contributed by atoms with van der Waals surface area (Å²) in [5, 5.41) is 7.03. The SMILES string of the molecule is Cc1ccccc1NC(=O)c1c(NC(=O)c2ccccc2Cl)sc2c1CCC(C(C)(C)C)C2. The zero-order valence-corrected chi connectivity index (χ0v) is 21.0. The van der Waals surface area contributed by atoms with Crippen LogP contribution in [0.5, 0.6) is 0 Å². The Morgan fingerprint density at radius 2 is 1.70 bits per heavy atom. The predicted octanol–water partition coefficient (Wildman–Crippen LogP) is 7.37. The predicted molar refractivity (Wildman–Crippen MR) is 138 cm³/mol. The van der Waals surface area contributed by atoms with E-state index in [9.17, 15) is 9.59 Å². The van der Waals surface area contributed by atoms with Crippen LogP contribution in [0, 0.1) is 18.3 Å². The Hall–Kier alpha value is -2.63. The van der Waals surface area contributed by atoms with Crippen LogP contribution in [0.4, 0.5) is 10.7 Å². The van der Waals surface area contributed by atoms with Crippen molar-refractivity contribution in [3.8, 4) is 0 Å². The van der Waals surface area contributed by atoms with Crippen molar-refractivity contribution in [1.82, 2.24) is 0 Å². The molecule has 0 bridgehead atoms. The number of hydrogen-bond acceptors (Lipinski definition) is 3. The summed E-state index contributed by atoms with van der Waals surface area (Å²) in [6.07, 6.45) is 2.76. The zero-order valence-electron chi connectivity index (χ0n) is 19.4. The summed E-state index contributed by atoms with van der Waals surface area (Å²) >= 11 is 7.76. The number of halogens is 1. The number of benzene rings is 2. The number of aryl methyl sites for hydroxylation is 1. The fourth-order valence-electron chi connectivity index (χ4n) is 4.37. The highest BCUT2D eigenvalue weighted by Crippen LogP contribution is 2.44. The van der Waals surface area contributed by atoms with Crippen LogP contribution < -0.4 is 10.6 Å². The molecule has 0 radical (unpaired) electrons. The van der Waals surface area contributed by atoms with Crippen LogP contribution in [0.3, 0.4) is 0 Å². The lowest BCUT2D eigenvalue weighted by Crippen LogP contribution is -2.27. The normalized spacial score (nSPS) is 15.6. The molecule has 0 fully saturated rings. The van der Waals surface area contributed by atoms with Gasteiger partial charge in [0.05, 0.1) is 16.1 Å². The number of hydrogen-bond donors (Lipinski definition) is 2. The Balaban J connectivity index is 1.71. The fourth-order valence-corrected chi connectivity index (χ4v) is 5.91. The van der Waals surface area contributed by atoms with Crippen LogP contribution in [0.15, 0.2) is 48.5 Å². The van der Waals surface area contributed by atoms with Gasteiger partial charge in [-0.1, -0.05) is 62.7 Å². The monoisotopic (exact) mass is 480 g/mol. The Labute approximate surface area is 204 Å². The lowest BCUT2D eigenvalue weighted by molar-refractivity contribution is 0.102. The van der Waals surface area contributed by atoms with Gasteiger partial charge in [0.1, 0.15) is 5.00 Å². The molecule has 33 heavy (non-hydrogen) atoms. The molecule has 1 aliphatic rings. The first kappa shape index (κ1) is 23.5. The van der Waals surface area contributed by atoms with E-state index in [0.717, 1.165) is 36.1 Å². The number of fused-ring (bicyclic) bond motifs is 1. The molecule has 2 amide bonds. The number of para-hydroxylation sites is 1. The van der Waals surface area contributed by atoms with Crippen molar-refractivity contribution >= 4 is 45.4 Å². The number of carbonyl (C=O) groups is 2. The molecule has 1 atom stereocenters. The highest BCUT2D eigenvalue weighted by molar-refractivity contribution is 7.17. The van der Waals surface area contributed by atoms with Gasteiger partial charge in [-0.3, -0.25) is 9.59 Å². The molecule has 6 heteroatoms. The molecule has 1 unspecified atom stereocenters. The number of nitrogens with one attached hydrogen (secondary N) is 2. The topological polar surface area (TPSA) is 58.2 Å². The largest absolute Gasteiger partial charge is 0.322 e. The molecule has 172 valence electrons. The number of rotatable bonds is 4. The van der Waals surface area contributed by atoms with Gasteiger partial charge < -0.3 is 10.6 Å². The summed E-state index contributed by atoms with van der Waals surface area (Å²) in [5.74, 6) is 0.0324. The Bertz CT molecular complexity index is 1210. The summed E-state index contributed by atoms with van der Waals surface area (Å²) in [6.45, 7) is 8.76. The summed E-state index contributed by atoms with van der Waals surface area (Å²) in [4.78, 5) is 27.7. The second kappa shape index (κ2) is 9.32. The van der Waals surface area contributed by atoms with Gasteiger partial charge >= 0.3 is 0 Å². The second-order valence-electron chi connectivity index (χ2n) is 9.72. The second-order valence-corrected chi connectivity index (χ2v) is 11.2. The average Bonchev–Trinajstić information content (AvgIpc) is 3.12. The third-order valence-corrected chi connectivity index (χ3v) is 7.96. The number of carbonyl (C=O) groups excluding carboxylic acids is 2. The molecule has 1 aromatic heterocycles. The van der Waals surface area contributed by atoms with E-state index in [1.54, 1.807) is 24.3 Å². The Morgan fingerprint density at radius 1 is 1.00 bits per heavy atom. The van der Waals surface area contributed by atoms with Gasteiger partial charge in [0, 0.05) is 10.6 Å². The first-order valence-electron chi connectivity index (χ1n) is 11.2. The van der Waals surface area contributed by atoms with E-state index >= 15 is 0 Å². The van der Waals surface area contributed by atoms with E-state index in [1.807, 2.05) is 31.2 Å². The summed E-state index contributed by atoms with van der Waals surface area (Å²) < 4.78 is 0. The Morgan fingerprint density at radius 3 is 2.39 bits per heavy atom. The smallest absolute Gasteiger partial charge is 0.258 e. The summed E-state index contributed by atoms with van der Waals surface area (Å²) in [7, 11) is 0. The van der Waals surface area contributed by atoms with Crippen LogP contribution in [0.2, 0.25) is 5.02 Å². The van der Waals surface area contributed by atoms with Gasteiger partial charge in [0.2, 0.25) is 0 Å². The molecule has 2 aromatic carbocycles. The molecule has 1 heterocycles. The molecular formula is C27H29ClN2O2S. The Kier molecular flexibility index (Phi) is 6.64. The maximum Gasteiger partial charge on any atom is 0.258 e. The van der Waals surface area contributed by atoms with E-state index in [1.165, 1.54) is 16.2 Å². The molecule has 0 saturated heterocycles. The van der Waals surface area contributed by atoms with Crippen molar-refractivity contribution in [3.05, 3.63) is 80.7 Å². The molecule has 0 spiro atoms. The van der Waals surface area contributed by atoms with Gasteiger partial charge in [-0.2, -0.15) is 0 Å². The number of anilines is 2. The quantitative estimate of drug-likeness (QED) is 0.409. The highest BCUT2D eigenvalue weighted by Gasteiger charge is 2.34. The van der Waals surface area contributed by atoms with Crippen LogP contribution in [0.1, 0.15) is 63.9 Å². The first-order chi connectivity index (χ1) is 15.6. The summed E-state index contributed by atoms with van der Waals surface area (Å²) in [5.41, 5.74) is 3.97. The van der Waals surface area contributed by atoms with Crippen LogP contribution in [-0.2, 0) is 12.8 Å². The highest BCUT2D eigenvalue weighted by atomic mass is 35.5. The minimum atomic E-state index is -0.309. The van der Waals surface area contributed by atoms with E-state index < -0.39 is 0 Å². The van der Waals surface area contributed by atoms with E-state index in [2.05, 4.69) is 31.4 Å². The minimum absolute atomic E-state index is 0.187. The van der Waals surface area contributed by atoms with E-state index in [4.69, 9.17) is 11.6 Å². The maximum atomic E-state index is 13.5. The third kappa shape index (κ3) is 4.99. The van der Waals surface area contributed by atoms with Crippen molar-refractivity contribution < 1.29 is 9.59 Å². The van der Waals surface area contributed by atoms with Crippen molar-refractivity contribution in [2.24, 2.45) is 11.3 Å². The minimum Gasteiger partial charge on any atom is -0.322 e. The van der Waals surface area contributed by atoms with E-state index in [-0.39, 0.29) is 17.2 Å². The molecule has 4 nitrogen and oxygen atoms in total. The summed E-state index contributed by atoms with van der Waals surface area (Å²) in [6, 6.07) is 14.6. The molecule has 1 aliphatic carbocycles. The van der Waals surface area contributed by atoms with Gasteiger partial charge in [0.15, 0.2) is 0 Å². The molecule has 0 saturated carbocycles. The van der Waals surface area contributed by atoms with Crippen LogP contribution >= 0.6 is 22.9 Å². The maximum absolute atomic E-state index is 13.5. The average molecular weight is 481 g/mol. The van der Waals surface area contributed by atoms with Crippen molar-refractivity contribution in [3.63, 3.8) is 0 Å². The molecular weight excluding hydrogens is 452 g/mol. The molecule has 0 aliphatic heterocycles. The lowest BCUT2D eigenvalue weighted by atomic mass is 9.72. The fraction of sp³-hybridized carbons (Fsp3) is 0.333. The number of thiophene rings is 1. The van der Waals surface area contributed by atoms with Crippen molar-refractivity contribution in [1.29, 1.82) is 0 Å². The first-order valence-corrected chi connectivity index (χ1v) is 12.4. The number of amides is 2. The van der Waals surface area contributed by atoms with Gasteiger partial charge in [-0.05, 0) is 66.8 Å². The molecule has 2 N–H and O–H groups in total. The zero-order chi connectivity index (χ0) is 23.8. The van der Waals surface area contributed by atoms with Gasteiger partial charge in [-0.15, -0.1) is 11.3 Å². The third-order valence-electron chi connectivity index (χ3n) is 6.46. The lowest BCUT2D eigenvalue weighted by Gasteiger charge is -2.33. The van der Waals surface area contributed by atoms with Gasteiger partial charge in [0.25, 0.3) is 11.8 Å². The van der Waals surface area contributed by atoms with Crippen molar-refractivity contribution in [2.45, 2.75) is 47.0 Å². The van der Waals surface area contributed by atoms with Crippen LogP contribution in [-0.4, -0.2) is 11.8 Å². The molecule has 3 aromatic rings. The van der Waals surface area contributed by atoms with Crippen molar-refractivity contribution in [2.75, 3.05) is 10.6 Å². The van der Waals surface area contributed by atoms with E-state index in [0.29, 0.717) is 27.1 Å². The molecule has 4 rings (SSSR count). The standard InChI is InChI=1S/C27H29ClN2O2S/c1-16-9-5-8-12-21(16)29-25(32)23-19-14-13-17(27(2,3)4)15-22(19)33-26(23)30-24(31)18-10-6-7-11-20(18)28/h5-12,17H,13-15H2,1-4H3,(H,29,32)(H,30,31). The van der Waals surface area contributed by atoms with Crippen LogP contribution in [0.25, 0.3) is 0 Å².